The van der Waals surface area contributed by atoms with Gasteiger partial charge in [-0.15, -0.1) is 17.0 Å². The van der Waals surface area contributed by atoms with Crippen LogP contribution in [-0.2, 0) is 21.1 Å². The van der Waals surface area contributed by atoms with E-state index in [2.05, 4.69) is 4.98 Å². The molecule has 2 heterocycles. The minimum absolute atomic E-state index is 0. The highest BCUT2D eigenvalue weighted by molar-refractivity contribution is 8.93. The van der Waals surface area contributed by atoms with E-state index in [4.69, 9.17) is 0 Å². The van der Waals surface area contributed by atoms with Crippen LogP contribution < -0.4 is 11.2 Å². The molecular formula is C16H17BrN4O4S. The highest BCUT2D eigenvalue weighted by Crippen LogP contribution is 2.21. The maximum Gasteiger partial charge on any atom is 0.332 e. The molecule has 0 amide bonds. The van der Waals surface area contributed by atoms with E-state index in [-0.39, 0.29) is 39.9 Å². The molecule has 0 aliphatic heterocycles. The summed E-state index contributed by atoms with van der Waals surface area (Å²) in [5.41, 5.74) is 0.198. The third-order valence-electron chi connectivity index (χ3n) is 3.96. The summed E-state index contributed by atoms with van der Waals surface area (Å²) in [7, 11) is 4.64. The van der Waals surface area contributed by atoms with E-state index in [0.29, 0.717) is 16.2 Å². The third-order valence-corrected chi connectivity index (χ3v) is 4.99. The van der Waals surface area contributed by atoms with Crippen LogP contribution in [0.1, 0.15) is 10.4 Å². The zero-order chi connectivity index (χ0) is 18.3. The fourth-order valence-electron chi connectivity index (χ4n) is 2.49. The largest absolute Gasteiger partial charge is 0.508 e. The van der Waals surface area contributed by atoms with Crippen LogP contribution in [0, 0.1) is 0 Å². The number of carbonyl (C=O) groups excluding carboxylic acids is 1. The number of hydrogen-bond acceptors (Lipinski definition) is 6. The Bertz CT molecular complexity index is 1100. The number of aromatic nitrogens is 4. The van der Waals surface area contributed by atoms with Crippen molar-refractivity contribution in [1.82, 2.24) is 18.7 Å². The molecule has 0 spiro atoms. The van der Waals surface area contributed by atoms with E-state index in [1.807, 2.05) is 0 Å². The van der Waals surface area contributed by atoms with Crippen LogP contribution in [0.5, 0.6) is 5.75 Å². The van der Waals surface area contributed by atoms with Gasteiger partial charge in [-0.3, -0.25) is 18.7 Å². The molecule has 0 unspecified atom stereocenters. The standard InChI is InChI=1S/C16H16N4O4S.BrH/c1-18-12-13(19(2)16(24)20(3)14(12)23)17-15(18)25-8-11(22)9-4-6-10(21)7-5-9;/h4-7,21H,8H2,1-3H3;1H. The highest BCUT2D eigenvalue weighted by atomic mass is 79.9. The van der Waals surface area contributed by atoms with E-state index in [0.717, 1.165) is 4.57 Å². The number of phenolic OH excluding ortho intramolecular Hbond substituents is 1. The lowest BCUT2D eigenvalue weighted by Gasteiger charge is -2.03. The molecule has 10 heteroatoms. The molecule has 0 aliphatic carbocycles. The summed E-state index contributed by atoms with van der Waals surface area (Å²) in [5, 5.41) is 9.74. The van der Waals surface area contributed by atoms with Crippen molar-refractivity contribution < 1.29 is 9.90 Å². The second-order valence-electron chi connectivity index (χ2n) is 5.59. The van der Waals surface area contributed by atoms with Gasteiger partial charge < -0.3 is 9.67 Å². The summed E-state index contributed by atoms with van der Waals surface area (Å²) in [5.74, 6) is 0.0890. The average molecular weight is 441 g/mol. The van der Waals surface area contributed by atoms with E-state index < -0.39 is 11.2 Å². The first kappa shape index (κ1) is 20.0. The molecule has 1 aromatic carbocycles. The number of rotatable bonds is 4. The van der Waals surface area contributed by atoms with Gasteiger partial charge in [0.05, 0.1) is 5.75 Å². The second kappa shape index (κ2) is 7.50. The predicted octanol–water partition coefficient (Wildman–Crippen LogP) is 1.23. The van der Waals surface area contributed by atoms with Gasteiger partial charge in [-0.1, -0.05) is 11.8 Å². The van der Waals surface area contributed by atoms with Gasteiger partial charge in [-0.05, 0) is 24.3 Å². The Hall–Kier alpha value is -2.33. The Morgan fingerprint density at radius 2 is 1.69 bits per heavy atom. The van der Waals surface area contributed by atoms with Crippen LogP contribution in [0.25, 0.3) is 11.2 Å². The Balaban J connectivity index is 0.00000243. The molecule has 0 bridgehead atoms. The molecule has 0 fully saturated rings. The van der Waals surface area contributed by atoms with Gasteiger partial charge >= 0.3 is 5.69 Å². The summed E-state index contributed by atoms with van der Waals surface area (Å²) in [4.78, 5) is 40.9. The Kier molecular flexibility index (Phi) is 5.77. The van der Waals surface area contributed by atoms with Gasteiger partial charge in [-0.2, -0.15) is 0 Å². The summed E-state index contributed by atoms with van der Waals surface area (Å²) in [6.07, 6.45) is 0. The Morgan fingerprint density at radius 1 is 1.08 bits per heavy atom. The molecule has 2 aromatic heterocycles. The van der Waals surface area contributed by atoms with Crippen LogP contribution in [0.4, 0.5) is 0 Å². The number of ketones is 1. The number of aromatic hydroxyl groups is 1. The molecule has 8 nitrogen and oxygen atoms in total. The number of thioether (sulfide) groups is 1. The van der Waals surface area contributed by atoms with Crippen molar-refractivity contribution in [1.29, 1.82) is 0 Å². The normalized spacial score (nSPS) is 10.7. The lowest BCUT2D eigenvalue weighted by Crippen LogP contribution is -2.37. The number of Topliss-reactive ketones (excluding diaryl/α,β-unsaturated/α-hetero) is 1. The van der Waals surface area contributed by atoms with Crippen LogP contribution >= 0.6 is 28.7 Å². The van der Waals surface area contributed by atoms with Crippen molar-refractivity contribution >= 4 is 45.7 Å². The number of halogens is 1. The lowest BCUT2D eigenvalue weighted by atomic mass is 10.1. The molecule has 1 N–H and O–H groups in total. The maximum atomic E-state index is 12.3. The van der Waals surface area contributed by atoms with Crippen molar-refractivity contribution in [3.8, 4) is 5.75 Å². The first-order chi connectivity index (χ1) is 11.8. The number of hydrogen-bond donors (Lipinski definition) is 1. The van der Waals surface area contributed by atoms with E-state index in [9.17, 15) is 19.5 Å². The maximum absolute atomic E-state index is 12.3. The molecule has 26 heavy (non-hydrogen) atoms. The van der Waals surface area contributed by atoms with Crippen LogP contribution in [0.2, 0.25) is 0 Å². The summed E-state index contributed by atoms with van der Waals surface area (Å²) < 4.78 is 3.93. The monoisotopic (exact) mass is 440 g/mol. The number of nitrogens with zero attached hydrogens (tertiary/aromatic N) is 4. The molecule has 0 aliphatic rings. The SMILES string of the molecule is Br.Cn1c(=O)c2c(nc(SCC(=O)c3ccc(O)cc3)n2C)n(C)c1=O. The Labute approximate surface area is 162 Å². The average Bonchev–Trinajstić information content (AvgIpc) is 2.93. The van der Waals surface area contributed by atoms with Gasteiger partial charge in [0, 0.05) is 26.7 Å². The minimum Gasteiger partial charge on any atom is -0.508 e. The highest BCUT2D eigenvalue weighted by Gasteiger charge is 2.18. The summed E-state index contributed by atoms with van der Waals surface area (Å²) in [6, 6.07) is 6.00. The van der Waals surface area contributed by atoms with Crippen molar-refractivity contribution in [2.45, 2.75) is 5.16 Å². The van der Waals surface area contributed by atoms with Crippen LogP contribution in [0.3, 0.4) is 0 Å². The zero-order valence-corrected chi connectivity index (χ0v) is 16.8. The topological polar surface area (TPSA) is 99.1 Å². The number of fused-ring (bicyclic) bond motifs is 1. The number of imidazole rings is 1. The van der Waals surface area contributed by atoms with Crippen molar-refractivity contribution in [3.05, 3.63) is 50.7 Å². The van der Waals surface area contributed by atoms with E-state index in [1.165, 1.54) is 35.5 Å². The molecule has 3 aromatic rings. The molecule has 138 valence electrons. The minimum atomic E-state index is -0.452. The van der Waals surface area contributed by atoms with Crippen molar-refractivity contribution in [2.24, 2.45) is 21.1 Å². The second-order valence-corrected chi connectivity index (χ2v) is 6.53. The number of benzene rings is 1. The molecule has 0 radical (unpaired) electrons. The fourth-order valence-corrected chi connectivity index (χ4v) is 3.35. The van der Waals surface area contributed by atoms with Gasteiger partial charge in [0.2, 0.25) is 0 Å². The number of carbonyl (C=O) groups is 1. The Morgan fingerprint density at radius 3 is 2.31 bits per heavy atom. The third kappa shape index (κ3) is 3.34. The van der Waals surface area contributed by atoms with Gasteiger partial charge in [0.25, 0.3) is 5.56 Å². The van der Waals surface area contributed by atoms with Crippen LogP contribution in [0.15, 0.2) is 39.0 Å². The first-order valence-corrected chi connectivity index (χ1v) is 8.37. The van der Waals surface area contributed by atoms with Crippen molar-refractivity contribution in [3.63, 3.8) is 0 Å². The first-order valence-electron chi connectivity index (χ1n) is 7.38. The number of aryl methyl sites for hydroxylation is 2. The molecule has 0 atom stereocenters. The quantitative estimate of drug-likeness (QED) is 0.483. The molecule has 0 saturated carbocycles. The molecule has 3 rings (SSSR count). The predicted molar refractivity (Wildman–Crippen MR) is 105 cm³/mol. The summed E-state index contributed by atoms with van der Waals surface area (Å²) >= 11 is 1.19. The van der Waals surface area contributed by atoms with E-state index in [1.54, 1.807) is 30.8 Å². The van der Waals surface area contributed by atoms with Crippen LogP contribution in [-0.4, -0.2) is 35.3 Å². The van der Waals surface area contributed by atoms with Gasteiger partial charge in [0.15, 0.2) is 22.1 Å². The fraction of sp³-hybridized carbons (Fsp3) is 0.250. The van der Waals surface area contributed by atoms with Gasteiger partial charge in [0.1, 0.15) is 5.75 Å². The number of phenols is 1. The van der Waals surface area contributed by atoms with E-state index >= 15 is 0 Å². The molecule has 0 saturated heterocycles. The smallest absolute Gasteiger partial charge is 0.332 e. The molecular weight excluding hydrogens is 424 g/mol. The zero-order valence-electron chi connectivity index (χ0n) is 14.3. The lowest BCUT2D eigenvalue weighted by molar-refractivity contribution is 0.102. The van der Waals surface area contributed by atoms with Gasteiger partial charge in [-0.25, -0.2) is 9.78 Å². The van der Waals surface area contributed by atoms with Crippen molar-refractivity contribution in [2.75, 3.05) is 5.75 Å². The summed E-state index contributed by atoms with van der Waals surface area (Å²) in [6.45, 7) is 0.